The highest BCUT2D eigenvalue weighted by atomic mass is 35.5. The smallest absolute Gasteiger partial charge is 0.344 e. The van der Waals surface area contributed by atoms with Crippen molar-refractivity contribution in [3.63, 3.8) is 0 Å². The van der Waals surface area contributed by atoms with Crippen LogP contribution in [0.2, 0.25) is 10.0 Å². The van der Waals surface area contributed by atoms with Crippen LogP contribution in [0.3, 0.4) is 0 Å². The number of carbonyl (C=O) groups excluding carboxylic acids is 1. The molecule has 1 aliphatic heterocycles. The topological polar surface area (TPSA) is 71.8 Å². The van der Waals surface area contributed by atoms with Crippen LogP contribution in [-0.4, -0.2) is 20.7 Å². The molecular formula is C22H18Cl2F3N5O. The van der Waals surface area contributed by atoms with Crippen LogP contribution in [-0.2, 0) is 11.0 Å². The minimum atomic E-state index is -4.66. The van der Waals surface area contributed by atoms with E-state index in [0.29, 0.717) is 22.8 Å². The van der Waals surface area contributed by atoms with Crippen molar-refractivity contribution < 1.29 is 18.0 Å². The molecule has 3 heterocycles. The second kappa shape index (κ2) is 8.39. The first kappa shape index (κ1) is 23.1. The van der Waals surface area contributed by atoms with Gasteiger partial charge in [0.1, 0.15) is 17.7 Å². The van der Waals surface area contributed by atoms with Gasteiger partial charge in [0.25, 0.3) is 5.91 Å². The van der Waals surface area contributed by atoms with E-state index in [1.165, 1.54) is 12.1 Å². The predicted molar refractivity (Wildman–Crippen MR) is 120 cm³/mol. The molecule has 172 valence electrons. The molecule has 3 aromatic rings. The molecule has 0 aliphatic carbocycles. The second-order valence-corrected chi connectivity index (χ2v) is 8.54. The summed E-state index contributed by atoms with van der Waals surface area (Å²) in [7, 11) is 0. The number of rotatable bonds is 3. The van der Waals surface area contributed by atoms with Crippen molar-refractivity contribution in [1.82, 2.24) is 14.8 Å². The van der Waals surface area contributed by atoms with E-state index in [1.807, 2.05) is 13.0 Å². The Morgan fingerprint density at radius 1 is 1.09 bits per heavy atom. The first-order chi connectivity index (χ1) is 15.4. The third kappa shape index (κ3) is 4.56. The zero-order chi connectivity index (χ0) is 24.1. The lowest BCUT2D eigenvalue weighted by molar-refractivity contribution is -0.141. The third-order valence-electron chi connectivity index (χ3n) is 5.11. The second-order valence-electron chi connectivity index (χ2n) is 7.72. The quantitative estimate of drug-likeness (QED) is 0.457. The molecular weight excluding hydrogens is 478 g/mol. The van der Waals surface area contributed by atoms with Crippen LogP contribution in [0.4, 0.5) is 24.8 Å². The molecule has 0 radical (unpaired) electrons. The Bertz CT molecular complexity index is 1280. The van der Waals surface area contributed by atoms with Gasteiger partial charge in [-0.1, -0.05) is 29.3 Å². The van der Waals surface area contributed by atoms with Gasteiger partial charge >= 0.3 is 6.18 Å². The van der Waals surface area contributed by atoms with E-state index < -0.39 is 23.8 Å². The van der Waals surface area contributed by atoms with Gasteiger partial charge in [0.2, 0.25) is 0 Å². The first-order valence-electron chi connectivity index (χ1n) is 9.80. The molecule has 0 fully saturated rings. The molecule has 2 aromatic heterocycles. The minimum absolute atomic E-state index is 0.0944. The van der Waals surface area contributed by atoms with Gasteiger partial charge in [-0.25, -0.2) is 9.67 Å². The van der Waals surface area contributed by atoms with Crippen LogP contribution in [0.25, 0.3) is 0 Å². The van der Waals surface area contributed by atoms with Crippen molar-refractivity contribution in [2.45, 2.75) is 33.0 Å². The molecule has 6 nitrogen and oxygen atoms in total. The van der Waals surface area contributed by atoms with Crippen LogP contribution in [0.1, 0.15) is 35.5 Å². The van der Waals surface area contributed by atoms with Crippen LogP contribution in [0.15, 0.2) is 47.7 Å². The fourth-order valence-electron chi connectivity index (χ4n) is 3.78. The lowest BCUT2D eigenvalue weighted by atomic mass is 9.95. The molecule has 11 heteroatoms. The van der Waals surface area contributed by atoms with E-state index in [9.17, 15) is 18.0 Å². The van der Waals surface area contributed by atoms with Crippen molar-refractivity contribution in [3.8, 4) is 0 Å². The molecule has 2 N–H and O–H groups in total. The van der Waals surface area contributed by atoms with E-state index >= 15 is 0 Å². The number of allylic oxidation sites excluding steroid dienone is 1. The molecule has 4 rings (SSSR count). The Labute approximate surface area is 197 Å². The number of carbonyl (C=O) groups is 1. The maximum atomic E-state index is 13.4. The minimum Gasteiger partial charge on any atom is -0.344 e. The average molecular weight is 496 g/mol. The Hall–Kier alpha value is -3.04. The van der Waals surface area contributed by atoms with Gasteiger partial charge in [-0.05, 0) is 56.2 Å². The molecule has 1 atom stereocenters. The number of nitrogens with zero attached hydrogens (tertiary/aromatic N) is 3. The highest BCUT2D eigenvalue weighted by Crippen LogP contribution is 2.40. The molecule has 1 unspecified atom stereocenters. The van der Waals surface area contributed by atoms with Crippen molar-refractivity contribution >= 4 is 40.7 Å². The summed E-state index contributed by atoms with van der Waals surface area (Å²) in [4.78, 5) is 17.7. The van der Waals surface area contributed by atoms with Crippen LogP contribution in [0, 0.1) is 13.8 Å². The average Bonchev–Trinajstić information content (AvgIpc) is 3.12. The van der Waals surface area contributed by atoms with Gasteiger partial charge in [0.05, 0.1) is 15.6 Å². The molecule has 0 spiro atoms. The number of benzene rings is 1. The number of fused-ring (bicyclic) bond motifs is 1. The van der Waals surface area contributed by atoms with E-state index in [2.05, 4.69) is 20.7 Å². The third-order valence-corrected chi connectivity index (χ3v) is 5.85. The van der Waals surface area contributed by atoms with Crippen LogP contribution < -0.4 is 10.6 Å². The van der Waals surface area contributed by atoms with Crippen molar-refractivity contribution in [1.29, 1.82) is 0 Å². The Balaban J connectivity index is 1.83. The summed E-state index contributed by atoms with van der Waals surface area (Å²) in [5.41, 5.74) is 1.51. The zero-order valence-corrected chi connectivity index (χ0v) is 19.2. The summed E-state index contributed by atoms with van der Waals surface area (Å²) < 4.78 is 41.3. The van der Waals surface area contributed by atoms with Gasteiger partial charge in [-0.3, -0.25) is 4.79 Å². The fourth-order valence-corrected chi connectivity index (χ4v) is 4.09. The Kier molecular flexibility index (Phi) is 5.88. The first-order valence-corrected chi connectivity index (χ1v) is 10.6. The van der Waals surface area contributed by atoms with Gasteiger partial charge in [-0.2, -0.15) is 18.3 Å². The van der Waals surface area contributed by atoms with Crippen molar-refractivity contribution in [2.75, 3.05) is 10.6 Å². The monoisotopic (exact) mass is 495 g/mol. The fraction of sp³-hybridized carbons (Fsp3) is 0.227. The van der Waals surface area contributed by atoms with E-state index in [4.69, 9.17) is 23.2 Å². The lowest BCUT2D eigenvalue weighted by Gasteiger charge is -2.29. The SMILES string of the molecule is CC1=C(C(=O)Nc2cc(C)cc(C)n2)C(c2ccc(Cl)c(Cl)c2)n2nc(C(F)(F)F)cc2N1. The van der Waals surface area contributed by atoms with Gasteiger partial charge < -0.3 is 10.6 Å². The number of nitrogens with one attached hydrogen (secondary N) is 2. The number of pyridine rings is 1. The number of aryl methyl sites for hydroxylation is 2. The van der Waals surface area contributed by atoms with E-state index in [0.717, 1.165) is 16.3 Å². The highest BCUT2D eigenvalue weighted by Gasteiger charge is 2.39. The Morgan fingerprint density at radius 2 is 1.82 bits per heavy atom. The number of alkyl halides is 3. The number of hydrogen-bond donors (Lipinski definition) is 2. The standard InChI is InChI=1S/C22H18Cl2F3N5O/c1-10-6-11(2)28-17(7-10)30-21(33)19-12(3)29-18-9-16(22(25,26)27)31-32(18)20(19)13-4-5-14(23)15(24)8-13/h4-9,20,29H,1-3H3,(H,28,30,33). The lowest BCUT2D eigenvalue weighted by Crippen LogP contribution is -2.31. The van der Waals surface area contributed by atoms with Gasteiger partial charge in [0.15, 0.2) is 5.69 Å². The molecule has 0 saturated carbocycles. The summed E-state index contributed by atoms with van der Waals surface area (Å²) in [5, 5.41) is 9.84. The molecule has 33 heavy (non-hydrogen) atoms. The number of aromatic nitrogens is 3. The summed E-state index contributed by atoms with van der Waals surface area (Å²) in [6.45, 7) is 5.27. The van der Waals surface area contributed by atoms with Crippen LogP contribution in [0.5, 0.6) is 0 Å². The Morgan fingerprint density at radius 3 is 2.45 bits per heavy atom. The summed E-state index contributed by atoms with van der Waals surface area (Å²) in [6, 6.07) is 8.09. The largest absolute Gasteiger partial charge is 0.435 e. The normalized spacial score (nSPS) is 15.8. The summed E-state index contributed by atoms with van der Waals surface area (Å²) in [5.74, 6) is -0.117. The molecule has 0 saturated heterocycles. The zero-order valence-electron chi connectivity index (χ0n) is 17.7. The van der Waals surface area contributed by atoms with Gasteiger partial charge in [0, 0.05) is 17.5 Å². The maximum Gasteiger partial charge on any atom is 0.435 e. The van der Waals surface area contributed by atoms with Crippen LogP contribution >= 0.6 is 23.2 Å². The number of amides is 1. The number of hydrogen-bond acceptors (Lipinski definition) is 4. The molecule has 1 aliphatic rings. The van der Waals surface area contributed by atoms with Gasteiger partial charge in [-0.15, -0.1) is 0 Å². The maximum absolute atomic E-state index is 13.4. The number of anilines is 2. The molecule has 0 bridgehead atoms. The summed E-state index contributed by atoms with van der Waals surface area (Å²) >= 11 is 12.2. The van der Waals surface area contributed by atoms with E-state index in [-0.39, 0.29) is 21.4 Å². The molecule has 1 aromatic carbocycles. The molecule has 1 amide bonds. The highest BCUT2D eigenvalue weighted by molar-refractivity contribution is 6.42. The number of halogens is 5. The predicted octanol–water partition coefficient (Wildman–Crippen LogP) is 6.15. The van der Waals surface area contributed by atoms with Crippen molar-refractivity contribution in [3.05, 3.63) is 80.2 Å². The van der Waals surface area contributed by atoms with E-state index in [1.54, 1.807) is 26.0 Å². The van der Waals surface area contributed by atoms with Crippen molar-refractivity contribution in [2.24, 2.45) is 0 Å². The summed E-state index contributed by atoms with van der Waals surface area (Å²) in [6.07, 6.45) is -4.66.